The topological polar surface area (TPSA) is 59.2 Å². The van der Waals surface area contributed by atoms with Gasteiger partial charge in [0.15, 0.2) is 17.5 Å². The fourth-order valence-corrected chi connectivity index (χ4v) is 8.59. The van der Waals surface area contributed by atoms with Gasteiger partial charge in [0, 0.05) is 56.5 Å². The molecule has 3 heterocycles. The Hall–Kier alpha value is -7.96. The van der Waals surface area contributed by atoms with Crippen molar-refractivity contribution in [2.75, 3.05) is 4.90 Å². The third-order valence-electron chi connectivity index (χ3n) is 11.3. The van der Waals surface area contributed by atoms with Gasteiger partial charge in [0.1, 0.15) is 0 Å². The number of anilines is 2. The van der Waals surface area contributed by atoms with Crippen molar-refractivity contribution in [3.63, 3.8) is 0 Å². The minimum absolute atomic E-state index is 0.635. The van der Waals surface area contributed by atoms with E-state index < -0.39 is 0 Å². The highest BCUT2D eigenvalue weighted by Gasteiger charge is 2.28. The fraction of sp³-hybridized carbons (Fsp3) is 0.0189. The summed E-state index contributed by atoms with van der Waals surface area (Å²) in [6, 6.07) is 67.9. The number of hydrogen-bond acceptors (Lipinski definition) is 5. The summed E-state index contributed by atoms with van der Waals surface area (Å²) in [4.78, 5) is 21.5. The maximum atomic E-state index is 4.95. The molecule has 0 saturated heterocycles. The van der Waals surface area contributed by atoms with Gasteiger partial charge in [-0.25, -0.2) is 15.0 Å². The van der Waals surface area contributed by atoms with Gasteiger partial charge in [-0.2, -0.15) is 0 Å². The van der Waals surface area contributed by atoms with Gasteiger partial charge in [0.05, 0.1) is 22.4 Å². The molecule has 0 fully saturated rings. The van der Waals surface area contributed by atoms with Gasteiger partial charge < -0.3 is 9.47 Å². The molecular formula is C53H36N6. The molecule has 10 aromatic rings. The largest absolute Gasteiger partial charge is 0.335 e. The van der Waals surface area contributed by atoms with E-state index in [9.17, 15) is 0 Å². The monoisotopic (exact) mass is 756 g/mol. The first-order valence-corrected chi connectivity index (χ1v) is 19.8. The van der Waals surface area contributed by atoms with Crippen molar-refractivity contribution < 1.29 is 0 Å². The molecule has 0 spiro atoms. The lowest BCUT2D eigenvalue weighted by molar-refractivity contribution is 0.961. The molecule has 11 rings (SSSR count). The van der Waals surface area contributed by atoms with Crippen molar-refractivity contribution >= 4 is 45.6 Å². The molecular weight excluding hydrogens is 721 g/mol. The zero-order valence-electron chi connectivity index (χ0n) is 32.1. The Labute approximate surface area is 342 Å². The molecule has 0 atom stereocenters. The van der Waals surface area contributed by atoms with E-state index >= 15 is 0 Å². The fourth-order valence-electron chi connectivity index (χ4n) is 8.59. The molecule has 0 amide bonds. The number of fused-ring (bicyclic) bond motifs is 7. The van der Waals surface area contributed by atoms with Crippen LogP contribution in [0.5, 0.6) is 0 Å². The van der Waals surface area contributed by atoms with Gasteiger partial charge in [-0.05, 0) is 59.8 Å². The summed E-state index contributed by atoms with van der Waals surface area (Å²) in [5.74, 6) is 1.93. The molecule has 1 aliphatic heterocycles. The Morgan fingerprint density at radius 3 is 1.75 bits per heavy atom. The van der Waals surface area contributed by atoms with E-state index in [2.05, 4.69) is 143 Å². The van der Waals surface area contributed by atoms with Crippen molar-refractivity contribution in [3.05, 3.63) is 200 Å². The van der Waals surface area contributed by atoms with Crippen molar-refractivity contribution in [2.24, 2.45) is 4.99 Å². The molecule has 0 aliphatic carbocycles. The second kappa shape index (κ2) is 14.2. The summed E-state index contributed by atoms with van der Waals surface area (Å²) in [5, 5.41) is 2.45. The molecule has 0 unspecified atom stereocenters. The summed E-state index contributed by atoms with van der Waals surface area (Å²) in [6.45, 7) is 4.60. The first-order valence-electron chi connectivity index (χ1n) is 19.8. The van der Waals surface area contributed by atoms with Gasteiger partial charge in [0.25, 0.3) is 0 Å². The van der Waals surface area contributed by atoms with Gasteiger partial charge >= 0.3 is 0 Å². The SMILES string of the molecule is C=Nc1ccccc1N1Cc2ccc3c4ccccc4n(-c4cccc(-c5ccc(-c6nc(-c7ccccc7)nc(-c7ccccc7)n6)cc5)c4)c3c2-c2ccccc21. The zero-order valence-corrected chi connectivity index (χ0v) is 32.1. The van der Waals surface area contributed by atoms with Crippen LogP contribution in [0.3, 0.4) is 0 Å². The molecule has 278 valence electrons. The van der Waals surface area contributed by atoms with Gasteiger partial charge in [-0.3, -0.25) is 4.99 Å². The number of aromatic nitrogens is 4. The quantitative estimate of drug-likeness (QED) is 0.152. The standard InChI is InChI=1S/C53H36N6/c1-54-45-23-10-13-26-48(45)58-34-40-31-32-43-42-21-8-12-25-47(42)59(50(43)49(40)44-22-9-11-24-46(44)58)41-20-14-19-39(33-41)35-27-29-38(30-28-35)53-56-51(36-15-4-2-5-16-36)55-52(57-53)37-17-6-3-7-18-37/h2-33H,1,34H2. The maximum Gasteiger partial charge on any atom is 0.164 e. The van der Waals surface area contributed by atoms with Gasteiger partial charge in [0.2, 0.25) is 0 Å². The number of para-hydroxylation sites is 4. The molecule has 6 nitrogen and oxygen atoms in total. The van der Waals surface area contributed by atoms with E-state index in [0.717, 1.165) is 50.6 Å². The van der Waals surface area contributed by atoms with E-state index in [0.29, 0.717) is 24.0 Å². The van der Waals surface area contributed by atoms with Gasteiger partial charge in [-0.1, -0.05) is 158 Å². The van der Waals surface area contributed by atoms with E-state index in [1.807, 2.05) is 72.8 Å². The third-order valence-corrected chi connectivity index (χ3v) is 11.3. The molecule has 8 aromatic carbocycles. The minimum Gasteiger partial charge on any atom is -0.335 e. The van der Waals surface area contributed by atoms with Crippen molar-refractivity contribution in [2.45, 2.75) is 6.54 Å². The Balaban J connectivity index is 1.02. The van der Waals surface area contributed by atoms with E-state index in [1.54, 1.807) is 0 Å². The second-order valence-corrected chi connectivity index (χ2v) is 14.8. The van der Waals surface area contributed by atoms with Crippen LogP contribution in [-0.2, 0) is 6.54 Å². The van der Waals surface area contributed by atoms with Crippen LogP contribution in [0.15, 0.2) is 199 Å². The highest BCUT2D eigenvalue weighted by atomic mass is 15.2. The first-order chi connectivity index (χ1) is 29.2. The molecule has 6 heteroatoms. The van der Waals surface area contributed by atoms with Crippen LogP contribution < -0.4 is 4.90 Å². The number of nitrogens with zero attached hydrogens (tertiary/aromatic N) is 6. The predicted molar refractivity (Wildman–Crippen MR) is 243 cm³/mol. The second-order valence-electron chi connectivity index (χ2n) is 14.8. The normalized spacial score (nSPS) is 12.0. The maximum absolute atomic E-state index is 4.95. The van der Waals surface area contributed by atoms with Crippen LogP contribution in [0.4, 0.5) is 17.1 Å². The summed E-state index contributed by atoms with van der Waals surface area (Å²) in [7, 11) is 0. The number of benzene rings is 8. The molecule has 1 aliphatic rings. The van der Waals surface area contributed by atoms with E-state index in [1.165, 1.54) is 38.5 Å². The Morgan fingerprint density at radius 2 is 1.03 bits per heavy atom. The first kappa shape index (κ1) is 34.3. The van der Waals surface area contributed by atoms with E-state index in [4.69, 9.17) is 15.0 Å². The molecule has 0 saturated carbocycles. The average Bonchev–Trinajstić information content (AvgIpc) is 3.66. The lowest BCUT2D eigenvalue weighted by Gasteiger charge is -2.34. The number of rotatable bonds is 7. The summed E-state index contributed by atoms with van der Waals surface area (Å²) in [5.41, 5.74) is 15.3. The average molecular weight is 757 g/mol. The summed E-state index contributed by atoms with van der Waals surface area (Å²) in [6.07, 6.45) is 0. The molecule has 59 heavy (non-hydrogen) atoms. The molecule has 0 N–H and O–H groups in total. The van der Waals surface area contributed by atoms with Crippen LogP contribution in [0.1, 0.15) is 5.56 Å². The molecule has 0 radical (unpaired) electrons. The molecule has 0 bridgehead atoms. The van der Waals surface area contributed by atoms with Crippen LogP contribution in [-0.4, -0.2) is 26.2 Å². The van der Waals surface area contributed by atoms with Crippen LogP contribution >= 0.6 is 0 Å². The predicted octanol–water partition coefficient (Wildman–Crippen LogP) is 13.3. The highest BCUT2D eigenvalue weighted by Crippen LogP contribution is 2.49. The van der Waals surface area contributed by atoms with E-state index in [-0.39, 0.29) is 0 Å². The highest BCUT2D eigenvalue weighted by molar-refractivity contribution is 6.16. The molecule has 2 aromatic heterocycles. The van der Waals surface area contributed by atoms with Crippen molar-refractivity contribution in [1.82, 2.24) is 19.5 Å². The third kappa shape index (κ3) is 5.89. The number of hydrogen-bond donors (Lipinski definition) is 0. The lowest BCUT2D eigenvalue weighted by Crippen LogP contribution is -2.22. The van der Waals surface area contributed by atoms with Crippen molar-refractivity contribution in [1.29, 1.82) is 0 Å². The van der Waals surface area contributed by atoms with Crippen molar-refractivity contribution in [3.8, 4) is 62.1 Å². The zero-order chi connectivity index (χ0) is 39.3. The summed E-state index contributed by atoms with van der Waals surface area (Å²) < 4.78 is 2.45. The smallest absolute Gasteiger partial charge is 0.164 e. The Morgan fingerprint density at radius 1 is 0.458 bits per heavy atom. The van der Waals surface area contributed by atoms with Crippen LogP contribution in [0, 0.1) is 0 Å². The Kier molecular flexibility index (Phi) is 8.26. The lowest BCUT2D eigenvalue weighted by atomic mass is 9.90. The van der Waals surface area contributed by atoms with Crippen LogP contribution in [0.2, 0.25) is 0 Å². The Bertz CT molecular complexity index is 3150. The minimum atomic E-state index is 0.635. The number of aliphatic imine (C=N–C) groups is 1. The van der Waals surface area contributed by atoms with Crippen LogP contribution in [0.25, 0.3) is 83.9 Å². The summed E-state index contributed by atoms with van der Waals surface area (Å²) >= 11 is 0. The van der Waals surface area contributed by atoms with Gasteiger partial charge in [-0.15, -0.1) is 0 Å².